The Kier molecular flexibility index (Phi) is 4.18. The summed E-state index contributed by atoms with van der Waals surface area (Å²) in [5, 5.41) is 0. The molecule has 5 nitrogen and oxygen atoms in total. The van der Waals surface area contributed by atoms with Crippen LogP contribution in [0, 0.1) is 6.92 Å². The fraction of sp³-hybridized carbons (Fsp3) is 0.625. The Labute approximate surface area is 132 Å². The van der Waals surface area contributed by atoms with Gasteiger partial charge in [-0.2, -0.15) is 4.31 Å². The fourth-order valence-corrected chi connectivity index (χ4v) is 4.36. The summed E-state index contributed by atoms with van der Waals surface area (Å²) in [6.45, 7) is 5.25. The van der Waals surface area contributed by atoms with Gasteiger partial charge in [0.2, 0.25) is 10.0 Å². The Hall–Kier alpha value is -1.11. The first-order valence-corrected chi connectivity index (χ1v) is 9.64. The van der Waals surface area contributed by atoms with Gasteiger partial charge >= 0.3 is 0 Å². The van der Waals surface area contributed by atoms with Crippen LogP contribution in [-0.2, 0) is 14.8 Å². The Morgan fingerprint density at radius 2 is 2.05 bits per heavy atom. The molecule has 1 atom stereocenters. The van der Waals surface area contributed by atoms with Crippen LogP contribution in [-0.4, -0.2) is 57.4 Å². The summed E-state index contributed by atoms with van der Waals surface area (Å²) in [4.78, 5) is 2.32. The van der Waals surface area contributed by atoms with Gasteiger partial charge in [0.05, 0.1) is 18.5 Å². The third-order valence-electron chi connectivity index (χ3n) is 4.59. The van der Waals surface area contributed by atoms with Crippen LogP contribution in [0.5, 0.6) is 0 Å². The molecule has 2 heterocycles. The minimum atomic E-state index is -3.16. The number of piperidine rings is 1. The molecular formula is C16H24N2O3S. The molecule has 0 saturated carbocycles. The highest BCUT2D eigenvalue weighted by Crippen LogP contribution is 2.32. The summed E-state index contributed by atoms with van der Waals surface area (Å²) in [6.07, 6.45) is 3.22. The quantitative estimate of drug-likeness (QED) is 0.830. The molecule has 2 fully saturated rings. The molecular weight excluding hydrogens is 300 g/mol. The number of nitrogens with zero attached hydrogens (tertiary/aromatic N) is 2. The SMILES string of the molecule is Cc1cccc(N2CCC[C@]3(C2)CN(S(C)(=O)=O)CCO3)c1. The van der Waals surface area contributed by atoms with E-state index in [-0.39, 0.29) is 5.60 Å². The van der Waals surface area contributed by atoms with Gasteiger partial charge in [-0.15, -0.1) is 0 Å². The molecule has 0 N–H and O–H groups in total. The molecule has 22 heavy (non-hydrogen) atoms. The van der Waals surface area contributed by atoms with Gasteiger partial charge in [0, 0.05) is 31.9 Å². The van der Waals surface area contributed by atoms with Gasteiger partial charge in [0.15, 0.2) is 0 Å². The molecule has 2 saturated heterocycles. The molecule has 2 aliphatic rings. The minimum absolute atomic E-state index is 0.372. The lowest BCUT2D eigenvalue weighted by atomic mass is 9.91. The monoisotopic (exact) mass is 324 g/mol. The first-order chi connectivity index (χ1) is 10.4. The summed E-state index contributed by atoms with van der Waals surface area (Å²) < 4.78 is 31.4. The zero-order valence-electron chi connectivity index (χ0n) is 13.3. The van der Waals surface area contributed by atoms with E-state index in [0.717, 1.165) is 25.9 Å². The second kappa shape index (κ2) is 5.83. The highest BCUT2D eigenvalue weighted by Gasteiger charge is 2.42. The molecule has 122 valence electrons. The average Bonchev–Trinajstić information content (AvgIpc) is 2.46. The molecule has 0 unspecified atom stereocenters. The zero-order chi connectivity index (χ0) is 15.8. The van der Waals surface area contributed by atoms with E-state index in [1.807, 2.05) is 0 Å². The molecule has 0 aliphatic carbocycles. The summed E-state index contributed by atoms with van der Waals surface area (Å²) in [6, 6.07) is 8.45. The standard InChI is InChI=1S/C16H24N2O3S/c1-14-5-3-6-15(11-14)17-8-4-7-16(12-17)13-18(9-10-21-16)22(2,19)20/h3,5-6,11H,4,7-10,12-13H2,1-2H3/t16-/m0/s1. The lowest BCUT2D eigenvalue weighted by Crippen LogP contribution is -2.60. The van der Waals surface area contributed by atoms with Crippen molar-refractivity contribution in [3.8, 4) is 0 Å². The van der Waals surface area contributed by atoms with E-state index >= 15 is 0 Å². The lowest BCUT2D eigenvalue weighted by Gasteiger charge is -2.48. The lowest BCUT2D eigenvalue weighted by molar-refractivity contribution is -0.0948. The fourth-order valence-electron chi connectivity index (χ4n) is 3.48. The molecule has 6 heteroatoms. The molecule has 3 rings (SSSR count). The maximum absolute atomic E-state index is 11.9. The number of anilines is 1. The summed E-state index contributed by atoms with van der Waals surface area (Å²) in [7, 11) is -3.16. The molecule has 1 aromatic rings. The van der Waals surface area contributed by atoms with E-state index < -0.39 is 10.0 Å². The van der Waals surface area contributed by atoms with Gasteiger partial charge in [-0.1, -0.05) is 12.1 Å². The van der Waals surface area contributed by atoms with Gasteiger partial charge in [0.25, 0.3) is 0 Å². The normalized spacial score (nSPS) is 27.3. The Bertz CT molecular complexity index is 643. The van der Waals surface area contributed by atoms with E-state index in [2.05, 4.69) is 36.1 Å². The first-order valence-electron chi connectivity index (χ1n) is 7.79. The van der Waals surface area contributed by atoms with Crippen molar-refractivity contribution in [2.45, 2.75) is 25.4 Å². The van der Waals surface area contributed by atoms with Gasteiger partial charge in [-0.3, -0.25) is 0 Å². The second-order valence-electron chi connectivity index (χ2n) is 6.49. The van der Waals surface area contributed by atoms with Crippen molar-refractivity contribution in [1.29, 1.82) is 0 Å². The third kappa shape index (κ3) is 3.29. The van der Waals surface area contributed by atoms with Crippen molar-refractivity contribution in [1.82, 2.24) is 4.31 Å². The van der Waals surface area contributed by atoms with Crippen LogP contribution in [0.2, 0.25) is 0 Å². The van der Waals surface area contributed by atoms with Crippen molar-refractivity contribution in [2.24, 2.45) is 0 Å². The summed E-state index contributed by atoms with van der Waals surface area (Å²) in [5.41, 5.74) is 2.06. The Morgan fingerprint density at radius 3 is 2.77 bits per heavy atom. The Morgan fingerprint density at radius 1 is 1.23 bits per heavy atom. The second-order valence-corrected chi connectivity index (χ2v) is 8.47. The highest BCUT2D eigenvalue weighted by atomic mass is 32.2. The van der Waals surface area contributed by atoms with Crippen molar-refractivity contribution in [2.75, 3.05) is 43.9 Å². The number of aryl methyl sites for hydroxylation is 1. The van der Waals surface area contributed by atoms with Gasteiger partial charge in [0.1, 0.15) is 0 Å². The predicted molar refractivity (Wildman–Crippen MR) is 87.7 cm³/mol. The molecule has 1 aromatic carbocycles. The average molecular weight is 324 g/mol. The van der Waals surface area contributed by atoms with Crippen LogP contribution in [0.1, 0.15) is 18.4 Å². The molecule has 0 aromatic heterocycles. The zero-order valence-corrected chi connectivity index (χ0v) is 14.1. The topological polar surface area (TPSA) is 49.9 Å². The number of hydrogen-bond acceptors (Lipinski definition) is 4. The maximum atomic E-state index is 11.9. The minimum Gasteiger partial charge on any atom is -0.370 e. The maximum Gasteiger partial charge on any atom is 0.211 e. The molecule has 2 aliphatic heterocycles. The van der Waals surface area contributed by atoms with E-state index in [1.54, 1.807) is 4.31 Å². The van der Waals surface area contributed by atoms with Crippen molar-refractivity contribution >= 4 is 15.7 Å². The molecule has 1 spiro atoms. The van der Waals surface area contributed by atoms with E-state index in [4.69, 9.17) is 4.74 Å². The van der Waals surface area contributed by atoms with Crippen LogP contribution >= 0.6 is 0 Å². The highest BCUT2D eigenvalue weighted by molar-refractivity contribution is 7.88. The predicted octanol–water partition coefficient (Wildman–Crippen LogP) is 1.63. The number of sulfonamides is 1. The molecule has 0 bridgehead atoms. The smallest absolute Gasteiger partial charge is 0.211 e. The first kappa shape index (κ1) is 15.8. The molecule has 0 radical (unpaired) electrons. The van der Waals surface area contributed by atoms with Crippen molar-refractivity contribution in [3.05, 3.63) is 29.8 Å². The third-order valence-corrected chi connectivity index (χ3v) is 5.84. The van der Waals surface area contributed by atoms with Crippen molar-refractivity contribution < 1.29 is 13.2 Å². The van der Waals surface area contributed by atoms with Crippen LogP contribution in [0.3, 0.4) is 0 Å². The molecule has 0 amide bonds. The van der Waals surface area contributed by atoms with Crippen LogP contribution < -0.4 is 4.90 Å². The van der Waals surface area contributed by atoms with E-state index in [0.29, 0.717) is 19.7 Å². The van der Waals surface area contributed by atoms with Gasteiger partial charge < -0.3 is 9.64 Å². The van der Waals surface area contributed by atoms with E-state index in [1.165, 1.54) is 17.5 Å². The van der Waals surface area contributed by atoms with Crippen LogP contribution in [0.4, 0.5) is 5.69 Å². The van der Waals surface area contributed by atoms with Crippen LogP contribution in [0.15, 0.2) is 24.3 Å². The van der Waals surface area contributed by atoms with Crippen LogP contribution in [0.25, 0.3) is 0 Å². The van der Waals surface area contributed by atoms with Gasteiger partial charge in [-0.25, -0.2) is 8.42 Å². The van der Waals surface area contributed by atoms with Crippen molar-refractivity contribution in [3.63, 3.8) is 0 Å². The summed E-state index contributed by atoms with van der Waals surface area (Å²) >= 11 is 0. The number of ether oxygens (including phenoxy) is 1. The van der Waals surface area contributed by atoms with Gasteiger partial charge in [-0.05, 0) is 37.5 Å². The summed E-state index contributed by atoms with van der Waals surface area (Å²) in [5.74, 6) is 0. The largest absolute Gasteiger partial charge is 0.370 e. The number of hydrogen-bond donors (Lipinski definition) is 0. The number of rotatable bonds is 2. The number of benzene rings is 1. The Balaban J connectivity index is 1.80. The van der Waals surface area contributed by atoms with E-state index in [9.17, 15) is 8.42 Å². The number of morpholine rings is 1.